The molecule has 0 saturated heterocycles. The molecule has 2 nitrogen and oxygen atoms in total. The van der Waals surface area contributed by atoms with Crippen molar-refractivity contribution in [3.8, 4) is 5.75 Å². The molecule has 1 aromatic carbocycles. The molecule has 102 valence electrons. The lowest BCUT2D eigenvalue weighted by Gasteiger charge is -2.14. The first kappa shape index (κ1) is 14.3. The van der Waals surface area contributed by atoms with E-state index in [4.69, 9.17) is 16.3 Å². The van der Waals surface area contributed by atoms with E-state index >= 15 is 0 Å². The standard InChI is InChI=1S/C14H15ClFNOS/c1-9(17-7-12-6-11(15)8-19-12)10-3-4-14(18-2)13(16)5-10/h3-6,8-9,17H,7H2,1-2H3. The number of hydrogen-bond acceptors (Lipinski definition) is 3. The smallest absolute Gasteiger partial charge is 0.165 e. The summed E-state index contributed by atoms with van der Waals surface area (Å²) in [5.74, 6) is -0.0752. The first-order chi connectivity index (χ1) is 9.10. The predicted molar refractivity (Wildman–Crippen MR) is 77.5 cm³/mol. The Balaban J connectivity index is 1.99. The minimum atomic E-state index is -0.340. The van der Waals surface area contributed by atoms with E-state index in [1.165, 1.54) is 13.2 Å². The zero-order chi connectivity index (χ0) is 13.8. The Morgan fingerprint density at radius 1 is 1.42 bits per heavy atom. The molecule has 0 spiro atoms. The van der Waals surface area contributed by atoms with Crippen LogP contribution in [0.15, 0.2) is 29.6 Å². The third kappa shape index (κ3) is 3.69. The summed E-state index contributed by atoms with van der Waals surface area (Å²) in [5.41, 5.74) is 0.890. The highest BCUT2D eigenvalue weighted by atomic mass is 35.5. The van der Waals surface area contributed by atoms with Gasteiger partial charge in [0.05, 0.1) is 12.1 Å². The fraction of sp³-hybridized carbons (Fsp3) is 0.286. The molecule has 1 unspecified atom stereocenters. The maximum atomic E-state index is 13.6. The Morgan fingerprint density at radius 2 is 2.21 bits per heavy atom. The van der Waals surface area contributed by atoms with Crippen LogP contribution in [-0.2, 0) is 6.54 Å². The van der Waals surface area contributed by atoms with Crippen molar-refractivity contribution < 1.29 is 9.13 Å². The second-order valence-corrected chi connectivity index (χ2v) is 5.66. The minimum absolute atomic E-state index is 0.0567. The molecule has 0 aliphatic rings. The Labute approximate surface area is 121 Å². The van der Waals surface area contributed by atoms with Gasteiger partial charge in [0, 0.05) is 22.8 Å². The van der Waals surface area contributed by atoms with E-state index in [9.17, 15) is 4.39 Å². The van der Waals surface area contributed by atoms with E-state index in [1.807, 2.05) is 24.4 Å². The van der Waals surface area contributed by atoms with Gasteiger partial charge < -0.3 is 10.1 Å². The number of methoxy groups -OCH3 is 1. The van der Waals surface area contributed by atoms with Crippen LogP contribution in [0.5, 0.6) is 5.75 Å². The van der Waals surface area contributed by atoms with Crippen molar-refractivity contribution >= 4 is 22.9 Å². The van der Waals surface area contributed by atoms with E-state index in [0.717, 1.165) is 15.5 Å². The molecule has 0 saturated carbocycles. The molecule has 0 aliphatic heterocycles. The second kappa shape index (κ2) is 6.37. The molecule has 1 N–H and O–H groups in total. The summed E-state index contributed by atoms with van der Waals surface area (Å²) < 4.78 is 18.5. The molecule has 0 radical (unpaired) electrons. The van der Waals surface area contributed by atoms with Gasteiger partial charge in [-0.1, -0.05) is 17.7 Å². The van der Waals surface area contributed by atoms with Crippen molar-refractivity contribution in [2.24, 2.45) is 0 Å². The molecule has 0 aliphatic carbocycles. The highest BCUT2D eigenvalue weighted by Gasteiger charge is 2.09. The highest BCUT2D eigenvalue weighted by molar-refractivity contribution is 7.10. The average molecular weight is 300 g/mol. The zero-order valence-corrected chi connectivity index (χ0v) is 12.3. The summed E-state index contributed by atoms with van der Waals surface area (Å²) >= 11 is 7.47. The van der Waals surface area contributed by atoms with Crippen LogP contribution in [0.25, 0.3) is 0 Å². The molecule has 0 amide bonds. The lowest BCUT2D eigenvalue weighted by molar-refractivity contribution is 0.385. The maximum absolute atomic E-state index is 13.6. The van der Waals surface area contributed by atoms with Gasteiger partial charge in [-0.15, -0.1) is 11.3 Å². The molecule has 1 aromatic heterocycles. The summed E-state index contributed by atoms with van der Waals surface area (Å²) in [4.78, 5) is 1.16. The molecule has 0 bridgehead atoms. The fourth-order valence-electron chi connectivity index (χ4n) is 1.77. The zero-order valence-electron chi connectivity index (χ0n) is 10.7. The van der Waals surface area contributed by atoms with Crippen molar-refractivity contribution in [2.75, 3.05) is 7.11 Å². The molecule has 1 heterocycles. The van der Waals surface area contributed by atoms with Crippen LogP contribution in [-0.4, -0.2) is 7.11 Å². The van der Waals surface area contributed by atoms with Gasteiger partial charge >= 0.3 is 0 Å². The Kier molecular flexibility index (Phi) is 4.80. The Hall–Kier alpha value is -1.10. The van der Waals surface area contributed by atoms with Crippen molar-refractivity contribution in [1.82, 2.24) is 5.32 Å². The average Bonchev–Trinajstić information content (AvgIpc) is 2.81. The van der Waals surface area contributed by atoms with Crippen molar-refractivity contribution in [2.45, 2.75) is 19.5 Å². The molecule has 1 atom stereocenters. The summed E-state index contributed by atoms with van der Waals surface area (Å²) in [7, 11) is 1.46. The Morgan fingerprint density at radius 3 is 2.79 bits per heavy atom. The van der Waals surface area contributed by atoms with Crippen LogP contribution in [0.2, 0.25) is 5.02 Å². The quantitative estimate of drug-likeness (QED) is 0.883. The number of thiophene rings is 1. The number of hydrogen-bond donors (Lipinski definition) is 1. The van der Waals surface area contributed by atoms with Crippen molar-refractivity contribution in [3.63, 3.8) is 0 Å². The normalized spacial score (nSPS) is 12.4. The van der Waals surface area contributed by atoms with Crippen LogP contribution in [0.1, 0.15) is 23.4 Å². The molecule has 0 fully saturated rings. The van der Waals surface area contributed by atoms with E-state index in [0.29, 0.717) is 6.54 Å². The predicted octanol–water partition coefficient (Wildman–Crippen LogP) is 4.40. The maximum Gasteiger partial charge on any atom is 0.165 e. The number of rotatable bonds is 5. The van der Waals surface area contributed by atoms with E-state index in [2.05, 4.69) is 5.32 Å². The largest absolute Gasteiger partial charge is 0.494 e. The second-order valence-electron chi connectivity index (χ2n) is 4.23. The van der Waals surface area contributed by atoms with Gasteiger partial charge in [0.15, 0.2) is 11.6 Å². The van der Waals surface area contributed by atoms with Crippen LogP contribution in [0.4, 0.5) is 4.39 Å². The number of nitrogens with one attached hydrogen (secondary N) is 1. The van der Waals surface area contributed by atoms with Gasteiger partial charge in [0.25, 0.3) is 0 Å². The third-order valence-electron chi connectivity index (χ3n) is 2.88. The third-order valence-corrected chi connectivity index (χ3v) is 4.16. The Bertz CT molecular complexity index is 558. The lowest BCUT2D eigenvalue weighted by atomic mass is 10.1. The van der Waals surface area contributed by atoms with Crippen molar-refractivity contribution in [3.05, 3.63) is 50.9 Å². The summed E-state index contributed by atoms with van der Waals surface area (Å²) in [6.45, 7) is 2.71. The molecule has 2 rings (SSSR count). The van der Waals surface area contributed by atoms with Gasteiger partial charge in [-0.3, -0.25) is 0 Å². The fourth-order valence-corrected chi connectivity index (χ4v) is 2.79. The van der Waals surface area contributed by atoms with Crippen molar-refractivity contribution in [1.29, 1.82) is 0 Å². The van der Waals surface area contributed by atoms with Gasteiger partial charge in [-0.2, -0.15) is 0 Å². The molecular formula is C14H15ClFNOS. The van der Waals surface area contributed by atoms with Crippen LogP contribution < -0.4 is 10.1 Å². The van der Waals surface area contributed by atoms with Crippen LogP contribution >= 0.6 is 22.9 Å². The number of benzene rings is 1. The molecule has 5 heteroatoms. The van der Waals surface area contributed by atoms with Crippen LogP contribution in [0, 0.1) is 5.82 Å². The first-order valence-electron chi connectivity index (χ1n) is 5.90. The highest BCUT2D eigenvalue weighted by Crippen LogP contribution is 2.23. The first-order valence-corrected chi connectivity index (χ1v) is 7.15. The molecule has 2 aromatic rings. The lowest BCUT2D eigenvalue weighted by Crippen LogP contribution is -2.17. The summed E-state index contributed by atoms with van der Waals surface area (Å²) in [6.07, 6.45) is 0. The summed E-state index contributed by atoms with van der Waals surface area (Å²) in [5, 5.41) is 5.99. The van der Waals surface area contributed by atoms with Gasteiger partial charge in [0.2, 0.25) is 0 Å². The van der Waals surface area contributed by atoms with Crippen LogP contribution in [0.3, 0.4) is 0 Å². The molecular weight excluding hydrogens is 285 g/mol. The molecule has 19 heavy (non-hydrogen) atoms. The number of halogens is 2. The van der Waals surface area contributed by atoms with E-state index in [1.54, 1.807) is 17.4 Å². The van der Waals surface area contributed by atoms with Gasteiger partial charge in [0.1, 0.15) is 0 Å². The summed E-state index contributed by atoms with van der Waals surface area (Å²) in [6, 6.07) is 6.99. The number of ether oxygens (including phenoxy) is 1. The van der Waals surface area contributed by atoms with Gasteiger partial charge in [-0.05, 0) is 30.7 Å². The van der Waals surface area contributed by atoms with E-state index in [-0.39, 0.29) is 17.6 Å². The topological polar surface area (TPSA) is 21.3 Å². The monoisotopic (exact) mass is 299 g/mol. The minimum Gasteiger partial charge on any atom is -0.494 e. The SMILES string of the molecule is COc1ccc(C(C)NCc2cc(Cl)cs2)cc1F. The van der Waals surface area contributed by atoms with E-state index < -0.39 is 0 Å². The van der Waals surface area contributed by atoms with Gasteiger partial charge in [-0.25, -0.2) is 4.39 Å².